The van der Waals surface area contributed by atoms with Gasteiger partial charge in [0.2, 0.25) is 0 Å². The zero-order chi connectivity index (χ0) is 14.0. The summed E-state index contributed by atoms with van der Waals surface area (Å²) in [7, 11) is 0. The predicted molar refractivity (Wildman–Crippen MR) is 71.8 cm³/mol. The zero-order valence-corrected chi connectivity index (χ0v) is 11.1. The average molecular weight is 262 g/mol. The number of carbonyl (C=O) groups excluding carboxylic acids is 2. The molecule has 1 heterocycles. The molecule has 2 atom stereocenters. The van der Waals surface area contributed by atoms with Gasteiger partial charge in [-0.3, -0.25) is 9.59 Å². The summed E-state index contributed by atoms with van der Waals surface area (Å²) in [6, 6.07) is 7.56. The zero-order valence-electron chi connectivity index (χ0n) is 11.1. The number of rotatable bonds is 2. The molecule has 5 heteroatoms. The van der Waals surface area contributed by atoms with Crippen LogP contribution in [0.25, 0.3) is 0 Å². The molecule has 0 spiro atoms. The number of hydrogen-bond acceptors (Lipinski definition) is 3. The predicted octanol–water partition coefficient (Wildman–Crippen LogP) is 0.461. The molecule has 0 saturated heterocycles. The Kier molecular flexibility index (Phi) is 3.85. The lowest BCUT2D eigenvalue weighted by atomic mass is 10.1. The van der Waals surface area contributed by atoms with Gasteiger partial charge in [0.05, 0.1) is 6.10 Å². The van der Waals surface area contributed by atoms with E-state index in [4.69, 9.17) is 5.11 Å². The summed E-state index contributed by atoms with van der Waals surface area (Å²) in [6.07, 6.45) is 0.0889. The molecule has 2 N–H and O–H groups in total. The molecule has 0 saturated carbocycles. The molecule has 0 bridgehead atoms. The summed E-state index contributed by atoms with van der Waals surface area (Å²) in [4.78, 5) is 25.5. The maximum absolute atomic E-state index is 12.2. The molecule has 5 nitrogen and oxygen atoms in total. The second kappa shape index (κ2) is 5.40. The van der Waals surface area contributed by atoms with Crippen LogP contribution >= 0.6 is 0 Å². The average Bonchev–Trinajstić information content (AvgIpc) is 2.70. The van der Waals surface area contributed by atoms with Crippen LogP contribution in [0.1, 0.15) is 19.4 Å². The van der Waals surface area contributed by atoms with Crippen LogP contribution in [0.3, 0.4) is 0 Å². The van der Waals surface area contributed by atoms with E-state index in [1.54, 1.807) is 6.92 Å². The summed E-state index contributed by atoms with van der Waals surface area (Å²) in [5.41, 5.74) is 1.87. The summed E-state index contributed by atoms with van der Waals surface area (Å²) in [6.45, 7) is 3.55. The van der Waals surface area contributed by atoms with Crippen molar-refractivity contribution >= 4 is 17.5 Å². The molecule has 1 aromatic rings. The molecule has 0 aromatic heterocycles. The van der Waals surface area contributed by atoms with Gasteiger partial charge in [0.25, 0.3) is 0 Å². The second-order valence-electron chi connectivity index (χ2n) is 4.92. The highest BCUT2D eigenvalue weighted by Crippen LogP contribution is 2.31. The topological polar surface area (TPSA) is 69.6 Å². The SMILES string of the molecule is CC(O)CNC(=O)C(=O)N1c2ccccc2CC1C. The number of aliphatic hydroxyl groups excluding tert-OH is 1. The first kappa shape index (κ1) is 13.5. The molecule has 2 unspecified atom stereocenters. The number of hydrogen-bond donors (Lipinski definition) is 2. The van der Waals surface area contributed by atoms with Gasteiger partial charge >= 0.3 is 11.8 Å². The summed E-state index contributed by atoms with van der Waals surface area (Å²) in [5.74, 6) is -1.25. The van der Waals surface area contributed by atoms with Gasteiger partial charge in [-0.05, 0) is 31.9 Å². The molecule has 0 fully saturated rings. The van der Waals surface area contributed by atoms with Crippen LogP contribution in [-0.4, -0.2) is 35.6 Å². The van der Waals surface area contributed by atoms with Crippen molar-refractivity contribution < 1.29 is 14.7 Å². The number of para-hydroxylation sites is 1. The van der Waals surface area contributed by atoms with Crippen molar-refractivity contribution in [1.82, 2.24) is 5.32 Å². The van der Waals surface area contributed by atoms with Gasteiger partial charge in [-0.25, -0.2) is 0 Å². The first-order valence-corrected chi connectivity index (χ1v) is 6.38. The largest absolute Gasteiger partial charge is 0.392 e. The minimum atomic E-state index is -0.676. The second-order valence-corrected chi connectivity index (χ2v) is 4.92. The lowest BCUT2D eigenvalue weighted by Crippen LogP contribution is -2.47. The lowest BCUT2D eigenvalue weighted by molar-refractivity contribution is -0.138. The molecular formula is C14H18N2O3. The maximum atomic E-state index is 12.2. The van der Waals surface area contributed by atoms with Crippen molar-refractivity contribution in [3.8, 4) is 0 Å². The number of anilines is 1. The Balaban J connectivity index is 2.13. The van der Waals surface area contributed by atoms with Crippen molar-refractivity contribution in [2.75, 3.05) is 11.4 Å². The van der Waals surface area contributed by atoms with E-state index >= 15 is 0 Å². The van der Waals surface area contributed by atoms with Gasteiger partial charge in [-0.2, -0.15) is 0 Å². The van der Waals surface area contributed by atoms with Crippen molar-refractivity contribution in [2.45, 2.75) is 32.4 Å². The first-order chi connectivity index (χ1) is 9.00. The number of amides is 2. The summed E-state index contributed by atoms with van der Waals surface area (Å²) < 4.78 is 0. The fraction of sp³-hybridized carbons (Fsp3) is 0.429. The van der Waals surface area contributed by atoms with E-state index in [2.05, 4.69) is 5.32 Å². The number of benzene rings is 1. The Labute approximate surface area is 112 Å². The van der Waals surface area contributed by atoms with E-state index < -0.39 is 17.9 Å². The monoisotopic (exact) mass is 262 g/mol. The lowest BCUT2D eigenvalue weighted by Gasteiger charge is -2.22. The molecule has 19 heavy (non-hydrogen) atoms. The Morgan fingerprint density at radius 2 is 2.16 bits per heavy atom. The van der Waals surface area contributed by atoms with Crippen molar-refractivity contribution in [2.24, 2.45) is 0 Å². The standard InChI is InChI=1S/C14H18N2O3/c1-9-7-11-5-3-4-6-12(11)16(9)14(19)13(18)15-8-10(2)17/h3-6,9-10,17H,7-8H2,1-2H3,(H,15,18). The van der Waals surface area contributed by atoms with Gasteiger partial charge in [0.1, 0.15) is 0 Å². The van der Waals surface area contributed by atoms with Gasteiger partial charge in [-0.1, -0.05) is 18.2 Å². The van der Waals surface area contributed by atoms with E-state index in [9.17, 15) is 9.59 Å². The third-order valence-electron chi connectivity index (χ3n) is 3.18. The van der Waals surface area contributed by atoms with E-state index in [1.807, 2.05) is 31.2 Å². The Bertz CT molecular complexity index is 499. The number of fused-ring (bicyclic) bond motifs is 1. The molecule has 102 valence electrons. The Morgan fingerprint density at radius 1 is 1.47 bits per heavy atom. The molecule has 2 amide bonds. The van der Waals surface area contributed by atoms with Gasteiger partial charge < -0.3 is 15.3 Å². The number of nitrogens with one attached hydrogen (secondary N) is 1. The highest BCUT2D eigenvalue weighted by atomic mass is 16.3. The van der Waals surface area contributed by atoms with Crippen LogP contribution < -0.4 is 10.2 Å². The van der Waals surface area contributed by atoms with Gasteiger partial charge in [0.15, 0.2) is 0 Å². The van der Waals surface area contributed by atoms with Crippen molar-refractivity contribution in [3.05, 3.63) is 29.8 Å². The van der Waals surface area contributed by atoms with Crippen LogP contribution in [0, 0.1) is 0 Å². The normalized spacial score (nSPS) is 18.9. The van der Waals surface area contributed by atoms with Crippen LogP contribution in [0.5, 0.6) is 0 Å². The fourth-order valence-corrected chi connectivity index (χ4v) is 2.30. The smallest absolute Gasteiger partial charge is 0.316 e. The van der Waals surface area contributed by atoms with Crippen molar-refractivity contribution in [3.63, 3.8) is 0 Å². The first-order valence-electron chi connectivity index (χ1n) is 6.38. The molecule has 2 rings (SSSR count). The minimum absolute atomic E-state index is 0.0257. The minimum Gasteiger partial charge on any atom is -0.392 e. The quantitative estimate of drug-likeness (QED) is 0.761. The molecular weight excluding hydrogens is 244 g/mol. The van der Waals surface area contributed by atoms with E-state index in [-0.39, 0.29) is 12.6 Å². The number of aliphatic hydroxyl groups is 1. The van der Waals surface area contributed by atoms with Crippen molar-refractivity contribution in [1.29, 1.82) is 0 Å². The molecule has 1 aliphatic heterocycles. The molecule has 1 aromatic carbocycles. The van der Waals surface area contributed by atoms with Crippen LogP contribution in [0.2, 0.25) is 0 Å². The molecule has 0 aliphatic carbocycles. The van der Waals surface area contributed by atoms with Gasteiger partial charge in [0, 0.05) is 18.3 Å². The summed E-state index contributed by atoms with van der Waals surface area (Å²) >= 11 is 0. The van der Waals surface area contributed by atoms with E-state index in [0.717, 1.165) is 17.7 Å². The molecule has 1 aliphatic rings. The Hall–Kier alpha value is -1.88. The number of carbonyl (C=O) groups is 2. The van der Waals surface area contributed by atoms with Crippen LogP contribution in [0.4, 0.5) is 5.69 Å². The highest BCUT2D eigenvalue weighted by Gasteiger charge is 2.33. The third-order valence-corrected chi connectivity index (χ3v) is 3.18. The van der Waals surface area contributed by atoms with E-state index in [1.165, 1.54) is 4.90 Å². The fourth-order valence-electron chi connectivity index (χ4n) is 2.30. The van der Waals surface area contributed by atoms with Crippen LogP contribution in [0.15, 0.2) is 24.3 Å². The summed E-state index contributed by atoms with van der Waals surface area (Å²) in [5, 5.41) is 11.5. The molecule has 0 radical (unpaired) electrons. The number of nitrogens with zero attached hydrogens (tertiary/aromatic N) is 1. The van der Waals surface area contributed by atoms with Gasteiger partial charge in [-0.15, -0.1) is 0 Å². The Morgan fingerprint density at radius 3 is 2.84 bits per heavy atom. The third kappa shape index (κ3) is 2.76. The van der Waals surface area contributed by atoms with E-state index in [0.29, 0.717) is 0 Å². The highest BCUT2D eigenvalue weighted by molar-refractivity contribution is 6.40. The van der Waals surface area contributed by atoms with Crippen LogP contribution in [-0.2, 0) is 16.0 Å². The maximum Gasteiger partial charge on any atom is 0.316 e.